The second kappa shape index (κ2) is 6.29. The average molecular weight is 339 g/mol. The summed E-state index contributed by atoms with van der Waals surface area (Å²) < 4.78 is 2.57. The number of nitro benzene ring substituents is 1. The lowest BCUT2D eigenvalue weighted by atomic mass is 10.2. The highest BCUT2D eigenvalue weighted by atomic mass is 79.9. The fourth-order valence-corrected chi connectivity index (χ4v) is 1.91. The number of nitrogens with zero attached hydrogens (tertiary/aromatic N) is 3. The van der Waals surface area contributed by atoms with Gasteiger partial charge in [-0.1, -0.05) is 0 Å². The zero-order valence-electron chi connectivity index (χ0n) is 10.3. The molecule has 20 heavy (non-hydrogen) atoms. The van der Waals surface area contributed by atoms with Crippen molar-refractivity contribution in [3.05, 3.63) is 56.8 Å². The van der Waals surface area contributed by atoms with Crippen molar-refractivity contribution in [1.29, 1.82) is 0 Å². The molecule has 0 aliphatic rings. The summed E-state index contributed by atoms with van der Waals surface area (Å²) in [5, 5.41) is 17.3. The Kier molecular flexibility index (Phi) is 4.46. The third kappa shape index (κ3) is 3.64. The number of nitrogens with one attached hydrogen (secondary N) is 1. The lowest BCUT2D eigenvalue weighted by Crippen LogP contribution is -2.27. The van der Waals surface area contributed by atoms with Crippen molar-refractivity contribution in [2.45, 2.75) is 6.54 Å². The van der Waals surface area contributed by atoms with E-state index in [1.165, 1.54) is 24.3 Å². The molecule has 0 aliphatic carbocycles. The first-order chi connectivity index (χ1) is 9.56. The number of halogens is 1. The first-order valence-corrected chi connectivity index (χ1v) is 6.56. The Bertz CT molecular complexity index is 624. The fourth-order valence-electron chi connectivity index (χ4n) is 1.58. The largest absolute Gasteiger partial charge is 0.350 e. The third-order valence-corrected chi connectivity index (χ3v) is 2.98. The Morgan fingerprint density at radius 2 is 2.10 bits per heavy atom. The van der Waals surface area contributed by atoms with Gasteiger partial charge in [-0.3, -0.25) is 19.6 Å². The lowest BCUT2D eigenvalue weighted by molar-refractivity contribution is -0.384. The summed E-state index contributed by atoms with van der Waals surface area (Å²) in [6.45, 7) is 0.967. The van der Waals surface area contributed by atoms with Gasteiger partial charge in [-0.05, 0) is 28.1 Å². The molecule has 0 aliphatic heterocycles. The van der Waals surface area contributed by atoms with Crippen molar-refractivity contribution in [3.8, 4) is 0 Å². The molecule has 0 unspecified atom stereocenters. The molecule has 104 valence electrons. The van der Waals surface area contributed by atoms with Gasteiger partial charge in [-0.25, -0.2) is 0 Å². The van der Waals surface area contributed by atoms with Crippen LogP contribution in [-0.2, 0) is 6.54 Å². The summed E-state index contributed by atoms with van der Waals surface area (Å²) in [6.07, 6.45) is 3.47. The van der Waals surface area contributed by atoms with Crippen molar-refractivity contribution in [2.24, 2.45) is 0 Å². The molecule has 1 N–H and O–H groups in total. The maximum absolute atomic E-state index is 11.8. The van der Waals surface area contributed by atoms with Crippen molar-refractivity contribution >= 4 is 27.5 Å². The van der Waals surface area contributed by atoms with Crippen LogP contribution in [0.1, 0.15) is 10.4 Å². The zero-order chi connectivity index (χ0) is 14.5. The summed E-state index contributed by atoms with van der Waals surface area (Å²) in [4.78, 5) is 21.8. The molecule has 1 aromatic carbocycles. The molecule has 1 aromatic heterocycles. The first-order valence-electron chi connectivity index (χ1n) is 5.77. The second-order valence-electron chi connectivity index (χ2n) is 3.98. The van der Waals surface area contributed by atoms with E-state index < -0.39 is 4.92 Å². The van der Waals surface area contributed by atoms with Crippen LogP contribution >= 0.6 is 15.9 Å². The number of nitro groups is 1. The number of carbonyl (C=O) groups is 1. The molecule has 0 saturated heterocycles. The fraction of sp³-hybridized carbons (Fsp3) is 0.167. The van der Waals surface area contributed by atoms with E-state index in [0.29, 0.717) is 18.7 Å². The minimum Gasteiger partial charge on any atom is -0.350 e. The maximum Gasteiger partial charge on any atom is 0.269 e. The molecule has 1 heterocycles. The summed E-state index contributed by atoms with van der Waals surface area (Å²) in [5.74, 6) is -0.272. The van der Waals surface area contributed by atoms with Crippen molar-refractivity contribution in [1.82, 2.24) is 15.1 Å². The van der Waals surface area contributed by atoms with E-state index in [1.54, 1.807) is 17.1 Å². The SMILES string of the molecule is O=C(NCCn1cc(Br)cn1)c1ccc([N+](=O)[O-])cc1. The number of aromatic nitrogens is 2. The van der Waals surface area contributed by atoms with E-state index >= 15 is 0 Å². The van der Waals surface area contributed by atoms with E-state index in [4.69, 9.17) is 0 Å². The maximum atomic E-state index is 11.8. The van der Waals surface area contributed by atoms with Gasteiger partial charge >= 0.3 is 0 Å². The van der Waals surface area contributed by atoms with Gasteiger partial charge in [0.25, 0.3) is 11.6 Å². The Balaban J connectivity index is 1.86. The van der Waals surface area contributed by atoms with Crippen LogP contribution in [0.25, 0.3) is 0 Å². The summed E-state index contributed by atoms with van der Waals surface area (Å²) in [5.41, 5.74) is 0.347. The molecule has 2 aromatic rings. The van der Waals surface area contributed by atoms with Gasteiger partial charge in [-0.2, -0.15) is 5.10 Å². The predicted octanol–water partition coefficient (Wildman–Crippen LogP) is 1.98. The molecular weight excluding hydrogens is 328 g/mol. The molecular formula is C12H11BrN4O3. The summed E-state index contributed by atoms with van der Waals surface area (Å²) in [6, 6.07) is 5.47. The van der Waals surface area contributed by atoms with Crippen molar-refractivity contribution in [3.63, 3.8) is 0 Å². The van der Waals surface area contributed by atoms with Crippen LogP contribution in [-0.4, -0.2) is 27.2 Å². The number of carbonyl (C=O) groups excluding carboxylic acids is 1. The number of hydrogen-bond acceptors (Lipinski definition) is 4. The van der Waals surface area contributed by atoms with Crippen LogP contribution in [0.4, 0.5) is 5.69 Å². The standard InChI is InChI=1S/C12H11BrN4O3/c13-10-7-15-16(8-10)6-5-14-12(18)9-1-3-11(4-2-9)17(19)20/h1-4,7-8H,5-6H2,(H,14,18). The molecule has 2 rings (SSSR count). The smallest absolute Gasteiger partial charge is 0.269 e. The second-order valence-corrected chi connectivity index (χ2v) is 4.90. The van der Waals surface area contributed by atoms with Gasteiger partial charge in [0.2, 0.25) is 0 Å². The van der Waals surface area contributed by atoms with Gasteiger partial charge in [0.1, 0.15) is 0 Å². The third-order valence-electron chi connectivity index (χ3n) is 2.57. The van der Waals surface area contributed by atoms with E-state index in [1.807, 2.05) is 0 Å². The van der Waals surface area contributed by atoms with Gasteiger partial charge in [0, 0.05) is 30.4 Å². The van der Waals surface area contributed by atoms with Gasteiger partial charge < -0.3 is 5.32 Å². The highest BCUT2D eigenvalue weighted by Crippen LogP contribution is 2.11. The van der Waals surface area contributed by atoms with Crippen LogP contribution in [0.3, 0.4) is 0 Å². The Morgan fingerprint density at radius 3 is 2.65 bits per heavy atom. The van der Waals surface area contributed by atoms with E-state index in [0.717, 1.165) is 4.47 Å². The van der Waals surface area contributed by atoms with Gasteiger partial charge in [-0.15, -0.1) is 0 Å². The van der Waals surface area contributed by atoms with Crippen LogP contribution in [0, 0.1) is 10.1 Å². The van der Waals surface area contributed by atoms with Gasteiger partial charge in [0.05, 0.1) is 22.1 Å². The molecule has 0 atom stereocenters. The van der Waals surface area contributed by atoms with E-state index in [-0.39, 0.29) is 11.6 Å². The van der Waals surface area contributed by atoms with Crippen LogP contribution in [0.5, 0.6) is 0 Å². The van der Waals surface area contributed by atoms with Crippen LogP contribution in [0.2, 0.25) is 0 Å². The van der Waals surface area contributed by atoms with E-state index in [9.17, 15) is 14.9 Å². The number of amides is 1. The summed E-state index contributed by atoms with van der Waals surface area (Å²) in [7, 11) is 0. The Hall–Kier alpha value is -2.22. The Morgan fingerprint density at radius 1 is 1.40 bits per heavy atom. The lowest BCUT2D eigenvalue weighted by Gasteiger charge is -2.05. The molecule has 0 spiro atoms. The zero-order valence-corrected chi connectivity index (χ0v) is 11.9. The monoisotopic (exact) mass is 338 g/mol. The minimum absolute atomic E-state index is 0.0389. The van der Waals surface area contributed by atoms with Crippen LogP contribution in [0.15, 0.2) is 41.1 Å². The predicted molar refractivity (Wildman–Crippen MR) is 75.4 cm³/mol. The highest BCUT2D eigenvalue weighted by Gasteiger charge is 2.08. The molecule has 7 nitrogen and oxygen atoms in total. The van der Waals surface area contributed by atoms with Gasteiger partial charge in [0.15, 0.2) is 0 Å². The number of rotatable bonds is 5. The molecule has 0 bridgehead atoms. The number of hydrogen-bond donors (Lipinski definition) is 1. The molecule has 0 fully saturated rings. The normalized spacial score (nSPS) is 10.2. The average Bonchev–Trinajstić information content (AvgIpc) is 2.84. The topological polar surface area (TPSA) is 90.1 Å². The van der Waals surface area contributed by atoms with Crippen molar-refractivity contribution in [2.75, 3.05) is 6.54 Å². The van der Waals surface area contributed by atoms with Crippen LogP contribution < -0.4 is 5.32 Å². The number of benzene rings is 1. The molecule has 8 heteroatoms. The summed E-state index contributed by atoms with van der Waals surface area (Å²) >= 11 is 3.28. The number of non-ortho nitro benzene ring substituents is 1. The minimum atomic E-state index is -0.503. The first kappa shape index (κ1) is 14.2. The molecule has 0 radical (unpaired) electrons. The van der Waals surface area contributed by atoms with E-state index in [2.05, 4.69) is 26.3 Å². The molecule has 1 amide bonds. The quantitative estimate of drug-likeness (QED) is 0.666. The highest BCUT2D eigenvalue weighted by molar-refractivity contribution is 9.10. The molecule has 0 saturated carbocycles. The Labute approximate surface area is 122 Å². The van der Waals surface area contributed by atoms with Crippen molar-refractivity contribution < 1.29 is 9.72 Å².